The Hall–Kier alpha value is -1.55. The smallest absolute Gasteiger partial charge is 0.233 e. The van der Waals surface area contributed by atoms with Gasteiger partial charge in [-0.3, -0.25) is 4.79 Å². The molecule has 0 saturated carbocycles. The molecular weight excluding hydrogens is 228 g/mol. The summed E-state index contributed by atoms with van der Waals surface area (Å²) < 4.78 is 5.57. The highest BCUT2D eigenvalue weighted by molar-refractivity contribution is 5.85. The van der Waals surface area contributed by atoms with Crippen LogP contribution in [-0.2, 0) is 4.79 Å². The Morgan fingerprint density at radius 2 is 2.22 bits per heavy atom. The van der Waals surface area contributed by atoms with Crippen molar-refractivity contribution in [3.63, 3.8) is 0 Å². The van der Waals surface area contributed by atoms with Gasteiger partial charge in [0.2, 0.25) is 5.91 Å². The molecule has 3 rings (SSSR count). The summed E-state index contributed by atoms with van der Waals surface area (Å²) in [4.78, 5) is 14.4. The molecule has 96 valence electrons. The second kappa shape index (κ2) is 4.61. The highest BCUT2D eigenvalue weighted by Gasteiger charge is 2.34. The molecular formula is C14H18N2O2. The van der Waals surface area contributed by atoms with Gasteiger partial charge in [-0.25, -0.2) is 0 Å². The quantitative estimate of drug-likeness (QED) is 0.807. The van der Waals surface area contributed by atoms with Crippen LogP contribution in [0.5, 0.6) is 5.75 Å². The zero-order valence-electron chi connectivity index (χ0n) is 10.3. The van der Waals surface area contributed by atoms with E-state index in [2.05, 4.69) is 0 Å². The molecule has 4 heteroatoms. The molecule has 0 aliphatic carbocycles. The molecule has 1 aromatic rings. The van der Waals surface area contributed by atoms with E-state index in [0.29, 0.717) is 13.2 Å². The molecule has 1 saturated heterocycles. The van der Waals surface area contributed by atoms with E-state index in [0.717, 1.165) is 30.7 Å². The average molecular weight is 246 g/mol. The molecule has 0 bridgehead atoms. The Kier molecular flexibility index (Phi) is 2.96. The zero-order chi connectivity index (χ0) is 12.5. The van der Waals surface area contributed by atoms with E-state index in [9.17, 15) is 4.79 Å². The Morgan fingerprint density at radius 3 is 3.06 bits per heavy atom. The molecule has 2 atom stereocenters. The number of benzene rings is 1. The summed E-state index contributed by atoms with van der Waals surface area (Å²) in [7, 11) is 0. The Balaban J connectivity index is 1.78. The van der Waals surface area contributed by atoms with Crippen molar-refractivity contribution in [3.05, 3.63) is 29.8 Å². The van der Waals surface area contributed by atoms with Crippen molar-refractivity contribution < 1.29 is 9.53 Å². The summed E-state index contributed by atoms with van der Waals surface area (Å²) in [6.07, 6.45) is 2.02. The molecule has 1 amide bonds. The third kappa shape index (κ3) is 1.97. The van der Waals surface area contributed by atoms with E-state index in [1.165, 1.54) is 0 Å². The highest BCUT2D eigenvalue weighted by Crippen LogP contribution is 2.34. The van der Waals surface area contributed by atoms with Crippen LogP contribution in [0.15, 0.2) is 24.3 Å². The van der Waals surface area contributed by atoms with Crippen LogP contribution in [-0.4, -0.2) is 36.5 Å². The van der Waals surface area contributed by atoms with Gasteiger partial charge in [-0.05, 0) is 18.9 Å². The molecule has 0 unspecified atom stereocenters. The minimum atomic E-state index is -0.147. The van der Waals surface area contributed by atoms with Crippen LogP contribution in [0.3, 0.4) is 0 Å². The number of carbonyl (C=O) groups excluding carboxylic acids is 1. The van der Waals surface area contributed by atoms with Crippen LogP contribution >= 0.6 is 0 Å². The number of hydrogen-bond acceptors (Lipinski definition) is 3. The zero-order valence-corrected chi connectivity index (χ0v) is 10.3. The number of nitrogens with two attached hydrogens (primary N) is 1. The SMILES string of the molecule is N[C@@H]1CCCN(C(=O)[C@@H]2COc3ccccc32)C1. The van der Waals surface area contributed by atoms with Gasteiger partial charge in [-0.2, -0.15) is 0 Å². The van der Waals surface area contributed by atoms with Gasteiger partial charge in [0.1, 0.15) is 18.3 Å². The first-order chi connectivity index (χ1) is 8.75. The lowest BCUT2D eigenvalue weighted by molar-refractivity contribution is -0.134. The maximum Gasteiger partial charge on any atom is 0.233 e. The summed E-state index contributed by atoms with van der Waals surface area (Å²) in [6, 6.07) is 7.91. The summed E-state index contributed by atoms with van der Waals surface area (Å²) in [5, 5.41) is 0. The van der Waals surface area contributed by atoms with Crippen molar-refractivity contribution in [2.75, 3.05) is 19.7 Å². The summed E-state index contributed by atoms with van der Waals surface area (Å²) >= 11 is 0. The van der Waals surface area contributed by atoms with Gasteiger partial charge in [-0.1, -0.05) is 18.2 Å². The monoisotopic (exact) mass is 246 g/mol. The minimum Gasteiger partial charge on any atom is -0.492 e. The summed E-state index contributed by atoms with van der Waals surface area (Å²) in [5.74, 6) is 0.860. The van der Waals surface area contributed by atoms with Crippen molar-refractivity contribution in [1.29, 1.82) is 0 Å². The Morgan fingerprint density at radius 1 is 1.39 bits per heavy atom. The molecule has 1 fully saturated rings. The van der Waals surface area contributed by atoms with Crippen LogP contribution in [0.25, 0.3) is 0 Å². The molecule has 4 nitrogen and oxygen atoms in total. The molecule has 2 N–H and O–H groups in total. The fourth-order valence-electron chi connectivity index (χ4n) is 2.80. The standard InChI is InChI=1S/C14H18N2O2/c15-10-4-3-7-16(8-10)14(17)12-9-18-13-6-2-1-5-11(12)13/h1-2,5-6,10,12H,3-4,7-9,15H2/t10-,12-/m1/s1. The number of likely N-dealkylation sites (tertiary alicyclic amines) is 1. The molecule has 0 spiro atoms. The van der Waals surface area contributed by atoms with Gasteiger partial charge < -0.3 is 15.4 Å². The summed E-state index contributed by atoms with van der Waals surface area (Å²) in [6.45, 7) is 1.96. The van der Waals surface area contributed by atoms with Crippen molar-refractivity contribution in [2.45, 2.75) is 24.8 Å². The third-order valence-corrected chi connectivity index (χ3v) is 3.77. The fourth-order valence-corrected chi connectivity index (χ4v) is 2.80. The van der Waals surface area contributed by atoms with E-state index in [-0.39, 0.29) is 17.9 Å². The number of para-hydroxylation sites is 1. The number of amides is 1. The maximum absolute atomic E-state index is 12.5. The van der Waals surface area contributed by atoms with Crippen molar-refractivity contribution in [1.82, 2.24) is 4.90 Å². The van der Waals surface area contributed by atoms with E-state index in [4.69, 9.17) is 10.5 Å². The van der Waals surface area contributed by atoms with Crippen LogP contribution in [0.1, 0.15) is 24.3 Å². The molecule has 2 heterocycles. The number of ether oxygens (including phenoxy) is 1. The van der Waals surface area contributed by atoms with Gasteiger partial charge in [-0.15, -0.1) is 0 Å². The highest BCUT2D eigenvalue weighted by atomic mass is 16.5. The van der Waals surface area contributed by atoms with E-state index < -0.39 is 0 Å². The Bertz CT molecular complexity index is 461. The van der Waals surface area contributed by atoms with E-state index in [1.807, 2.05) is 29.2 Å². The molecule has 1 aromatic carbocycles. The number of rotatable bonds is 1. The first-order valence-electron chi connectivity index (χ1n) is 6.52. The average Bonchev–Trinajstić information content (AvgIpc) is 2.82. The Labute approximate surface area is 107 Å². The number of nitrogens with zero attached hydrogens (tertiary/aromatic N) is 1. The first-order valence-corrected chi connectivity index (χ1v) is 6.52. The summed E-state index contributed by atoms with van der Waals surface area (Å²) in [5.41, 5.74) is 6.95. The second-order valence-electron chi connectivity index (χ2n) is 5.09. The van der Waals surface area contributed by atoms with Crippen molar-refractivity contribution in [3.8, 4) is 5.75 Å². The number of hydrogen-bond donors (Lipinski definition) is 1. The lowest BCUT2D eigenvalue weighted by Crippen LogP contribution is -2.47. The number of piperidine rings is 1. The van der Waals surface area contributed by atoms with E-state index in [1.54, 1.807) is 0 Å². The predicted molar refractivity (Wildman–Crippen MR) is 68.5 cm³/mol. The maximum atomic E-state index is 12.5. The molecule has 18 heavy (non-hydrogen) atoms. The van der Waals surface area contributed by atoms with Crippen molar-refractivity contribution in [2.24, 2.45) is 5.73 Å². The fraction of sp³-hybridized carbons (Fsp3) is 0.500. The van der Waals surface area contributed by atoms with E-state index >= 15 is 0 Å². The predicted octanol–water partition coefficient (Wildman–Crippen LogP) is 1.11. The third-order valence-electron chi connectivity index (χ3n) is 3.77. The van der Waals surface area contributed by atoms with Crippen LogP contribution in [0, 0.1) is 0 Å². The topological polar surface area (TPSA) is 55.6 Å². The molecule has 0 aromatic heterocycles. The first kappa shape index (κ1) is 11.5. The normalized spacial score (nSPS) is 26.6. The number of fused-ring (bicyclic) bond motifs is 1. The van der Waals surface area contributed by atoms with Gasteiger partial charge in [0.25, 0.3) is 0 Å². The second-order valence-corrected chi connectivity index (χ2v) is 5.09. The lowest BCUT2D eigenvalue weighted by atomic mass is 9.98. The minimum absolute atomic E-state index is 0.125. The van der Waals surface area contributed by atoms with Gasteiger partial charge in [0, 0.05) is 24.7 Å². The largest absolute Gasteiger partial charge is 0.492 e. The van der Waals surface area contributed by atoms with Crippen LogP contribution in [0.2, 0.25) is 0 Å². The molecule has 2 aliphatic rings. The molecule has 2 aliphatic heterocycles. The van der Waals surface area contributed by atoms with Gasteiger partial charge in [0.15, 0.2) is 0 Å². The van der Waals surface area contributed by atoms with Crippen LogP contribution in [0.4, 0.5) is 0 Å². The van der Waals surface area contributed by atoms with Crippen LogP contribution < -0.4 is 10.5 Å². The lowest BCUT2D eigenvalue weighted by Gasteiger charge is -2.32. The number of carbonyl (C=O) groups is 1. The van der Waals surface area contributed by atoms with Crippen molar-refractivity contribution >= 4 is 5.91 Å². The van der Waals surface area contributed by atoms with Gasteiger partial charge >= 0.3 is 0 Å². The molecule has 0 radical (unpaired) electrons. The van der Waals surface area contributed by atoms with Gasteiger partial charge in [0.05, 0.1) is 0 Å².